The van der Waals surface area contributed by atoms with Crippen molar-refractivity contribution in [2.75, 3.05) is 18.5 Å². The van der Waals surface area contributed by atoms with Crippen molar-refractivity contribution >= 4 is 16.5 Å². The first-order valence-electron chi connectivity index (χ1n) is 6.16. The summed E-state index contributed by atoms with van der Waals surface area (Å²) >= 11 is 1.76. The molecule has 2 aromatic rings. The quantitative estimate of drug-likeness (QED) is 0.914. The molecule has 1 aliphatic heterocycles. The molecule has 0 aliphatic carbocycles. The Morgan fingerprint density at radius 1 is 1.39 bits per heavy atom. The maximum Gasteiger partial charge on any atom is 0.186 e. The Hall–Kier alpha value is -1.40. The van der Waals surface area contributed by atoms with Crippen LogP contribution in [0.1, 0.15) is 23.7 Å². The molecule has 1 N–H and O–H groups in total. The Kier molecular flexibility index (Phi) is 3.05. The Labute approximate surface area is 110 Å². The van der Waals surface area contributed by atoms with Gasteiger partial charge in [0.2, 0.25) is 0 Å². The highest BCUT2D eigenvalue weighted by atomic mass is 32.1. The molecule has 1 unspecified atom stereocenters. The van der Waals surface area contributed by atoms with Crippen molar-refractivity contribution in [1.29, 1.82) is 0 Å². The van der Waals surface area contributed by atoms with Gasteiger partial charge in [-0.25, -0.2) is 9.97 Å². The molecule has 6 heteroatoms. The van der Waals surface area contributed by atoms with Crippen LogP contribution in [0.25, 0.3) is 0 Å². The number of aromatic nitrogens is 3. The summed E-state index contributed by atoms with van der Waals surface area (Å²) in [4.78, 5) is 12.5. The lowest BCUT2D eigenvalue weighted by Gasteiger charge is -2.27. The highest BCUT2D eigenvalue weighted by Crippen LogP contribution is 2.28. The summed E-state index contributed by atoms with van der Waals surface area (Å²) in [5.74, 6) is 1.12. The van der Waals surface area contributed by atoms with E-state index in [0.717, 1.165) is 30.6 Å². The molecule has 0 radical (unpaired) electrons. The molecule has 0 bridgehead atoms. The van der Waals surface area contributed by atoms with Gasteiger partial charge in [0, 0.05) is 42.6 Å². The van der Waals surface area contributed by atoms with Gasteiger partial charge in [0.25, 0.3) is 0 Å². The van der Waals surface area contributed by atoms with Gasteiger partial charge >= 0.3 is 0 Å². The second-order valence-electron chi connectivity index (χ2n) is 4.51. The molecule has 3 rings (SSSR count). The first-order valence-corrected chi connectivity index (χ1v) is 6.97. The van der Waals surface area contributed by atoms with Gasteiger partial charge in [-0.3, -0.25) is 0 Å². The number of rotatable bonds is 3. The molecule has 0 spiro atoms. The van der Waals surface area contributed by atoms with Crippen LogP contribution in [0.4, 0.5) is 5.13 Å². The molecule has 96 valence electrons. The van der Waals surface area contributed by atoms with E-state index in [1.165, 1.54) is 4.88 Å². The van der Waals surface area contributed by atoms with E-state index in [4.69, 9.17) is 0 Å². The maximum atomic E-state index is 4.53. The summed E-state index contributed by atoms with van der Waals surface area (Å²) in [6.07, 6.45) is 5.89. The largest absolute Gasteiger partial charge is 0.339 e. The highest BCUT2D eigenvalue weighted by Gasteiger charge is 2.20. The van der Waals surface area contributed by atoms with E-state index in [0.29, 0.717) is 6.04 Å². The number of hydrogen-bond donors (Lipinski definition) is 1. The molecule has 0 saturated heterocycles. The average molecular weight is 263 g/mol. The Morgan fingerprint density at radius 3 is 3.11 bits per heavy atom. The minimum Gasteiger partial charge on any atom is -0.339 e. The standard InChI is InChI=1S/C12H17N5S/c1-9(13-2)10-7-15-12(18-10)17-6-5-16-4-3-14-11(16)8-17/h3-4,7,9,13H,5-6,8H2,1-2H3. The van der Waals surface area contributed by atoms with Gasteiger partial charge in [0.05, 0.1) is 6.54 Å². The van der Waals surface area contributed by atoms with Gasteiger partial charge in [-0.15, -0.1) is 11.3 Å². The van der Waals surface area contributed by atoms with E-state index < -0.39 is 0 Å². The summed E-state index contributed by atoms with van der Waals surface area (Å²) in [5.41, 5.74) is 0. The van der Waals surface area contributed by atoms with Crippen LogP contribution in [-0.2, 0) is 13.1 Å². The molecule has 3 heterocycles. The third kappa shape index (κ3) is 2.02. The molecular weight excluding hydrogens is 246 g/mol. The molecule has 1 aliphatic rings. The summed E-state index contributed by atoms with van der Waals surface area (Å²) in [6.45, 7) is 5.00. The Bertz CT molecular complexity index is 532. The first-order chi connectivity index (χ1) is 8.78. The second kappa shape index (κ2) is 4.70. The van der Waals surface area contributed by atoms with Gasteiger partial charge in [-0.1, -0.05) is 0 Å². The van der Waals surface area contributed by atoms with Gasteiger partial charge < -0.3 is 14.8 Å². The van der Waals surface area contributed by atoms with E-state index in [2.05, 4.69) is 31.7 Å². The number of fused-ring (bicyclic) bond motifs is 1. The number of anilines is 1. The lowest BCUT2D eigenvalue weighted by atomic mass is 10.3. The molecule has 0 saturated carbocycles. The zero-order valence-electron chi connectivity index (χ0n) is 10.6. The normalized spacial score (nSPS) is 16.7. The van der Waals surface area contributed by atoms with Crippen LogP contribution >= 0.6 is 11.3 Å². The van der Waals surface area contributed by atoms with Crippen LogP contribution in [0.15, 0.2) is 18.6 Å². The van der Waals surface area contributed by atoms with Crippen LogP contribution in [0, 0.1) is 0 Å². The van der Waals surface area contributed by atoms with Crippen LogP contribution in [-0.4, -0.2) is 28.1 Å². The molecule has 18 heavy (non-hydrogen) atoms. The average Bonchev–Trinajstić information content (AvgIpc) is 3.05. The van der Waals surface area contributed by atoms with Crippen molar-refractivity contribution in [1.82, 2.24) is 19.9 Å². The zero-order valence-corrected chi connectivity index (χ0v) is 11.4. The van der Waals surface area contributed by atoms with Gasteiger partial charge in [0.1, 0.15) is 5.82 Å². The fourth-order valence-electron chi connectivity index (χ4n) is 2.10. The number of nitrogens with zero attached hydrogens (tertiary/aromatic N) is 4. The fraction of sp³-hybridized carbons (Fsp3) is 0.500. The van der Waals surface area contributed by atoms with Gasteiger partial charge in [0.15, 0.2) is 5.13 Å². The number of thiazole rings is 1. The Morgan fingerprint density at radius 2 is 2.28 bits per heavy atom. The van der Waals surface area contributed by atoms with Crippen LogP contribution in [0.2, 0.25) is 0 Å². The third-order valence-corrected chi connectivity index (χ3v) is 4.63. The van der Waals surface area contributed by atoms with Crippen molar-refractivity contribution in [3.8, 4) is 0 Å². The molecule has 2 aromatic heterocycles. The van der Waals surface area contributed by atoms with E-state index in [-0.39, 0.29) is 0 Å². The summed E-state index contributed by atoms with van der Waals surface area (Å²) in [5, 5.41) is 4.34. The predicted octanol–water partition coefficient (Wildman–Crippen LogP) is 1.64. The van der Waals surface area contributed by atoms with Crippen molar-refractivity contribution in [2.24, 2.45) is 0 Å². The molecule has 0 amide bonds. The van der Waals surface area contributed by atoms with E-state index in [9.17, 15) is 0 Å². The number of nitrogens with one attached hydrogen (secondary N) is 1. The fourth-order valence-corrected chi connectivity index (χ4v) is 3.10. The second-order valence-corrected chi connectivity index (χ2v) is 5.55. The lowest BCUT2D eigenvalue weighted by molar-refractivity contribution is 0.559. The molecule has 0 aromatic carbocycles. The monoisotopic (exact) mass is 263 g/mol. The molecular formula is C12H17N5S. The van der Waals surface area contributed by atoms with E-state index >= 15 is 0 Å². The summed E-state index contributed by atoms with van der Waals surface area (Å²) < 4.78 is 2.21. The predicted molar refractivity (Wildman–Crippen MR) is 72.9 cm³/mol. The highest BCUT2D eigenvalue weighted by molar-refractivity contribution is 7.15. The summed E-state index contributed by atoms with van der Waals surface area (Å²) in [7, 11) is 1.97. The van der Waals surface area contributed by atoms with Crippen LogP contribution in [0.5, 0.6) is 0 Å². The van der Waals surface area contributed by atoms with E-state index in [1.807, 2.05) is 25.6 Å². The zero-order chi connectivity index (χ0) is 12.5. The SMILES string of the molecule is CNC(C)c1cnc(N2CCn3ccnc3C2)s1. The number of imidazole rings is 1. The topological polar surface area (TPSA) is 46.0 Å². The Balaban J connectivity index is 1.78. The third-order valence-electron chi connectivity index (χ3n) is 3.39. The molecule has 1 atom stereocenters. The maximum absolute atomic E-state index is 4.53. The first kappa shape index (κ1) is 11.7. The number of hydrogen-bond acceptors (Lipinski definition) is 5. The van der Waals surface area contributed by atoms with Gasteiger partial charge in [-0.2, -0.15) is 0 Å². The van der Waals surface area contributed by atoms with Crippen molar-refractivity contribution < 1.29 is 0 Å². The van der Waals surface area contributed by atoms with Gasteiger partial charge in [-0.05, 0) is 14.0 Å². The molecule has 0 fully saturated rings. The van der Waals surface area contributed by atoms with Crippen molar-refractivity contribution in [3.05, 3.63) is 29.3 Å². The van der Waals surface area contributed by atoms with Crippen molar-refractivity contribution in [2.45, 2.75) is 26.1 Å². The smallest absolute Gasteiger partial charge is 0.186 e. The van der Waals surface area contributed by atoms with Crippen LogP contribution < -0.4 is 10.2 Å². The van der Waals surface area contributed by atoms with Crippen molar-refractivity contribution in [3.63, 3.8) is 0 Å². The minimum atomic E-state index is 0.364. The minimum absolute atomic E-state index is 0.364. The van der Waals surface area contributed by atoms with E-state index in [1.54, 1.807) is 11.3 Å². The molecule has 5 nitrogen and oxygen atoms in total. The van der Waals surface area contributed by atoms with Crippen LogP contribution in [0.3, 0.4) is 0 Å². The summed E-state index contributed by atoms with van der Waals surface area (Å²) in [6, 6.07) is 0.364. The lowest BCUT2D eigenvalue weighted by Crippen LogP contribution is -2.33.